The fourth-order valence-corrected chi connectivity index (χ4v) is 0.970. The molecular formula is C13H16O2. The Kier molecular flexibility index (Phi) is 3.76. The summed E-state index contributed by atoms with van der Waals surface area (Å²) in [5, 5.41) is 9.69. The third kappa shape index (κ3) is 3.65. The third-order valence-corrected chi connectivity index (χ3v) is 2.25. The van der Waals surface area contributed by atoms with E-state index in [1.807, 2.05) is 31.2 Å². The van der Waals surface area contributed by atoms with Crippen LogP contribution in [0.1, 0.15) is 25.8 Å². The molecular weight excluding hydrogens is 188 g/mol. The van der Waals surface area contributed by atoms with E-state index >= 15 is 0 Å². The lowest BCUT2D eigenvalue weighted by molar-refractivity contribution is 0.118. The van der Waals surface area contributed by atoms with Crippen LogP contribution in [0.3, 0.4) is 0 Å². The molecule has 1 aromatic rings. The Labute approximate surface area is 90.9 Å². The molecule has 80 valence electrons. The van der Waals surface area contributed by atoms with E-state index in [1.54, 1.807) is 14.0 Å². The molecule has 0 aliphatic heterocycles. The summed E-state index contributed by atoms with van der Waals surface area (Å²) in [6.45, 7) is 3.62. The van der Waals surface area contributed by atoms with Crippen molar-refractivity contribution in [3.63, 3.8) is 0 Å². The average Bonchev–Trinajstić information content (AvgIpc) is 2.27. The van der Waals surface area contributed by atoms with Gasteiger partial charge in [-0.1, -0.05) is 18.8 Å². The van der Waals surface area contributed by atoms with Gasteiger partial charge in [-0.05, 0) is 37.6 Å². The van der Waals surface area contributed by atoms with E-state index in [1.165, 1.54) is 0 Å². The first-order chi connectivity index (χ1) is 7.07. The molecule has 0 heterocycles. The van der Waals surface area contributed by atoms with Crippen LogP contribution in [0.4, 0.5) is 0 Å². The van der Waals surface area contributed by atoms with E-state index in [4.69, 9.17) is 4.74 Å². The van der Waals surface area contributed by atoms with Gasteiger partial charge in [-0.15, -0.1) is 0 Å². The summed E-state index contributed by atoms with van der Waals surface area (Å²) in [5.41, 5.74) is -0.0237. The summed E-state index contributed by atoms with van der Waals surface area (Å²) in [6.07, 6.45) is 0.621. The van der Waals surface area contributed by atoms with E-state index in [0.29, 0.717) is 6.42 Å². The minimum atomic E-state index is -0.903. The molecule has 1 aromatic carbocycles. The van der Waals surface area contributed by atoms with Crippen molar-refractivity contribution in [2.75, 3.05) is 7.11 Å². The molecule has 0 saturated carbocycles. The molecule has 0 radical (unpaired) electrons. The number of hydrogen-bond acceptors (Lipinski definition) is 2. The maximum atomic E-state index is 9.69. The van der Waals surface area contributed by atoms with Crippen molar-refractivity contribution in [3.8, 4) is 17.6 Å². The SMILES string of the molecule is CCC(C)(O)C#Cc1ccc(OC)cc1. The first kappa shape index (κ1) is 11.6. The van der Waals surface area contributed by atoms with Crippen LogP contribution in [0.25, 0.3) is 0 Å². The quantitative estimate of drug-likeness (QED) is 0.748. The number of ether oxygens (including phenoxy) is 1. The van der Waals surface area contributed by atoms with Crippen molar-refractivity contribution < 1.29 is 9.84 Å². The normalized spacial score (nSPS) is 13.6. The Hall–Kier alpha value is -1.46. The molecule has 15 heavy (non-hydrogen) atoms. The zero-order valence-electron chi connectivity index (χ0n) is 9.37. The summed E-state index contributed by atoms with van der Waals surface area (Å²) in [5.74, 6) is 6.57. The van der Waals surface area contributed by atoms with Crippen molar-refractivity contribution in [2.24, 2.45) is 0 Å². The molecule has 0 amide bonds. The van der Waals surface area contributed by atoms with Gasteiger partial charge in [0, 0.05) is 5.56 Å². The Morgan fingerprint density at radius 3 is 2.40 bits per heavy atom. The van der Waals surface area contributed by atoms with Gasteiger partial charge in [0.25, 0.3) is 0 Å². The van der Waals surface area contributed by atoms with Crippen LogP contribution in [0.5, 0.6) is 5.75 Å². The smallest absolute Gasteiger partial charge is 0.122 e. The molecule has 2 heteroatoms. The first-order valence-electron chi connectivity index (χ1n) is 4.97. The summed E-state index contributed by atoms with van der Waals surface area (Å²) in [6, 6.07) is 7.45. The van der Waals surface area contributed by atoms with E-state index in [-0.39, 0.29) is 0 Å². The molecule has 0 spiro atoms. The van der Waals surface area contributed by atoms with E-state index in [9.17, 15) is 5.11 Å². The number of benzene rings is 1. The van der Waals surface area contributed by atoms with Crippen LogP contribution in [0, 0.1) is 11.8 Å². The summed E-state index contributed by atoms with van der Waals surface area (Å²) in [7, 11) is 1.63. The second-order valence-electron chi connectivity index (χ2n) is 3.61. The molecule has 0 fully saturated rings. The average molecular weight is 204 g/mol. The van der Waals surface area contributed by atoms with Crippen molar-refractivity contribution in [1.29, 1.82) is 0 Å². The summed E-state index contributed by atoms with van der Waals surface area (Å²) < 4.78 is 5.04. The highest BCUT2D eigenvalue weighted by Crippen LogP contribution is 2.11. The lowest BCUT2D eigenvalue weighted by Crippen LogP contribution is -2.19. The minimum Gasteiger partial charge on any atom is -0.497 e. The van der Waals surface area contributed by atoms with Crippen LogP contribution >= 0.6 is 0 Å². The van der Waals surface area contributed by atoms with Crippen molar-refractivity contribution in [1.82, 2.24) is 0 Å². The number of hydrogen-bond donors (Lipinski definition) is 1. The highest BCUT2D eigenvalue weighted by atomic mass is 16.5. The van der Waals surface area contributed by atoms with Crippen molar-refractivity contribution in [3.05, 3.63) is 29.8 Å². The van der Waals surface area contributed by atoms with Gasteiger partial charge in [0.2, 0.25) is 0 Å². The predicted molar refractivity (Wildman–Crippen MR) is 60.8 cm³/mol. The molecule has 0 saturated heterocycles. The molecule has 0 aliphatic carbocycles. The van der Waals surface area contributed by atoms with Crippen LogP contribution in [-0.2, 0) is 0 Å². The van der Waals surface area contributed by atoms with Gasteiger partial charge >= 0.3 is 0 Å². The van der Waals surface area contributed by atoms with Gasteiger partial charge in [0.15, 0.2) is 0 Å². The molecule has 1 unspecified atom stereocenters. The van der Waals surface area contributed by atoms with E-state index in [0.717, 1.165) is 11.3 Å². The maximum absolute atomic E-state index is 9.69. The Balaban J connectivity index is 2.81. The monoisotopic (exact) mass is 204 g/mol. The van der Waals surface area contributed by atoms with Crippen molar-refractivity contribution >= 4 is 0 Å². The Bertz CT molecular complexity index is 366. The highest BCUT2D eigenvalue weighted by Gasteiger charge is 2.11. The Morgan fingerprint density at radius 2 is 1.93 bits per heavy atom. The molecule has 1 N–H and O–H groups in total. The first-order valence-corrected chi connectivity index (χ1v) is 4.97. The van der Waals surface area contributed by atoms with Gasteiger partial charge in [-0.3, -0.25) is 0 Å². The van der Waals surface area contributed by atoms with Crippen molar-refractivity contribution in [2.45, 2.75) is 25.9 Å². The second-order valence-corrected chi connectivity index (χ2v) is 3.61. The van der Waals surface area contributed by atoms with E-state index in [2.05, 4.69) is 11.8 Å². The summed E-state index contributed by atoms with van der Waals surface area (Å²) >= 11 is 0. The zero-order valence-corrected chi connectivity index (χ0v) is 9.37. The minimum absolute atomic E-state index is 0.621. The molecule has 0 aromatic heterocycles. The lowest BCUT2D eigenvalue weighted by Gasteiger charge is -2.11. The maximum Gasteiger partial charge on any atom is 0.122 e. The lowest BCUT2D eigenvalue weighted by atomic mass is 10.0. The van der Waals surface area contributed by atoms with Gasteiger partial charge in [-0.25, -0.2) is 0 Å². The van der Waals surface area contributed by atoms with Crippen LogP contribution in [0.2, 0.25) is 0 Å². The van der Waals surface area contributed by atoms with E-state index < -0.39 is 5.60 Å². The largest absolute Gasteiger partial charge is 0.497 e. The third-order valence-electron chi connectivity index (χ3n) is 2.25. The van der Waals surface area contributed by atoms with Crippen LogP contribution < -0.4 is 4.74 Å². The standard InChI is InChI=1S/C13H16O2/c1-4-13(2,14)10-9-11-5-7-12(15-3)8-6-11/h5-8,14H,4H2,1-3H3. The highest BCUT2D eigenvalue weighted by molar-refractivity contribution is 5.39. The molecule has 0 aliphatic rings. The summed E-state index contributed by atoms with van der Waals surface area (Å²) in [4.78, 5) is 0. The predicted octanol–water partition coefficient (Wildman–Crippen LogP) is 2.21. The topological polar surface area (TPSA) is 29.5 Å². The second kappa shape index (κ2) is 4.86. The van der Waals surface area contributed by atoms with Gasteiger partial charge in [0.1, 0.15) is 11.4 Å². The molecule has 1 atom stereocenters. The van der Waals surface area contributed by atoms with Crippen LogP contribution in [0.15, 0.2) is 24.3 Å². The molecule has 2 nitrogen and oxygen atoms in total. The Morgan fingerprint density at radius 1 is 1.33 bits per heavy atom. The van der Waals surface area contributed by atoms with Crippen LogP contribution in [-0.4, -0.2) is 17.8 Å². The van der Waals surface area contributed by atoms with Gasteiger partial charge < -0.3 is 9.84 Å². The zero-order chi connectivity index (χ0) is 11.3. The molecule has 1 rings (SSSR count). The number of rotatable bonds is 2. The van der Waals surface area contributed by atoms with Gasteiger partial charge in [-0.2, -0.15) is 0 Å². The van der Waals surface area contributed by atoms with Gasteiger partial charge in [0.05, 0.1) is 7.11 Å². The molecule has 0 bridgehead atoms. The fourth-order valence-electron chi connectivity index (χ4n) is 0.970. The number of methoxy groups -OCH3 is 1. The number of aliphatic hydroxyl groups is 1. The fraction of sp³-hybridized carbons (Fsp3) is 0.385.